The van der Waals surface area contributed by atoms with Crippen molar-refractivity contribution >= 4 is 11.9 Å². The molecule has 4 rings (SSSR count). The van der Waals surface area contributed by atoms with Gasteiger partial charge in [-0.25, -0.2) is 15.0 Å². The van der Waals surface area contributed by atoms with E-state index in [0.29, 0.717) is 38.7 Å². The van der Waals surface area contributed by atoms with Crippen molar-refractivity contribution in [3.63, 3.8) is 0 Å². The lowest BCUT2D eigenvalue weighted by molar-refractivity contribution is -0.199. The van der Waals surface area contributed by atoms with Crippen molar-refractivity contribution in [1.29, 1.82) is 0 Å². The summed E-state index contributed by atoms with van der Waals surface area (Å²) in [6.45, 7) is 4.28. The number of nitrogens with zero attached hydrogens (tertiary/aromatic N) is 4. The lowest BCUT2D eigenvalue weighted by atomic mass is 9.78. The molecule has 124 valence electrons. The van der Waals surface area contributed by atoms with Gasteiger partial charge in [0, 0.05) is 49.8 Å². The molecular formula is C16H22N4O3. The molecule has 0 aliphatic carbocycles. The molecule has 3 aliphatic heterocycles. The van der Waals surface area contributed by atoms with Gasteiger partial charge in [-0.1, -0.05) is 0 Å². The summed E-state index contributed by atoms with van der Waals surface area (Å²) in [5, 5.41) is 1.55. The van der Waals surface area contributed by atoms with Crippen molar-refractivity contribution in [3.8, 4) is 0 Å². The minimum absolute atomic E-state index is 0.0797. The Morgan fingerprint density at radius 3 is 3.00 bits per heavy atom. The first kappa shape index (κ1) is 14.8. The minimum atomic E-state index is -0.142. The molecule has 3 fully saturated rings. The van der Waals surface area contributed by atoms with E-state index in [0.717, 1.165) is 31.9 Å². The number of hydrogen-bond donors (Lipinski definition) is 0. The van der Waals surface area contributed by atoms with Gasteiger partial charge in [0.1, 0.15) is 0 Å². The molecule has 4 heterocycles. The van der Waals surface area contributed by atoms with Gasteiger partial charge < -0.3 is 9.64 Å². The summed E-state index contributed by atoms with van der Waals surface area (Å²) < 4.78 is 5.71. The van der Waals surface area contributed by atoms with E-state index in [2.05, 4.69) is 14.9 Å². The number of carbonyl (C=O) groups excluding carboxylic acids is 1. The van der Waals surface area contributed by atoms with Gasteiger partial charge in [0.25, 0.3) is 0 Å². The Kier molecular flexibility index (Phi) is 3.90. The molecule has 7 nitrogen and oxygen atoms in total. The number of rotatable bonds is 3. The average Bonchev–Trinajstić information content (AvgIpc) is 3.13. The Morgan fingerprint density at radius 1 is 1.35 bits per heavy atom. The summed E-state index contributed by atoms with van der Waals surface area (Å²) >= 11 is 0. The molecule has 0 saturated carbocycles. The van der Waals surface area contributed by atoms with E-state index in [9.17, 15) is 4.79 Å². The van der Waals surface area contributed by atoms with E-state index in [1.165, 1.54) is 0 Å². The molecule has 0 unspecified atom stereocenters. The fourth-order valence-corrected chi connectivity index (χ4v) is 3.87. The van der Waals surface area contributed by atoms with Crippen LogP contribution >= 0.6 is 0 Å². The van der Waals surface area contributed by atoms with Crippen LogP contribution in [0.3, 0.4) is 0 Å². The van der Waals surface area contributed by atoms with Gasteiger partial charge in [0.15, 0.2) is 0 Å². The molecular weight excluding hydrogens is 296 g/mol. The number of fused-ring (bicyclic) bond motifs is 1. The molecule has 23 heavy (non-hydrogen) atoms. The number of amides is 1. The first-order chi connectivity index (χ1) is 11.3. The van der Waals surface area contributed by atoms with Crippen molar-refractivity contribution in [2.24, 2.45) is 11.3 Å². The number of ether oxygens (including phenoxy) is 1. The first-order valence-corrected chi connectivity index (χ1v) is 8.30. The van der Waals surface area contributed by atoms with Crippen LogP contribution in [-0.2, 0) is 14.4 Å². The van der Waals surface area contributed by atoms with Crippen molar-refractivity contribution in [2.75, 3.05) is 44.4 Å². The number of aromatic nitrogens is 2. The van der Waals surface area contributed by atoms with E-state index in [-0.39, 0.29) is 11.3 Å². The quantitative estimate of drug-likeness (QED) is 0.824. The van der Waals surface area contributed by atoms with E-state index in [4.69, 9.17) is 9.57 Å². The highest BCUT2D eigenvalue weighted by molar-refractivity contribution is 5.76. The highest BCUT2D eigenvalue weighted by atomic mass is 16.7. The SMILES string of the molecule is O=C(C[C@@]12COC[C@@H]1CN(c1ncccn1)C2)N1CCCCO1. The summed E-state index contributed by atoms with van der Waals surface area (Å²) in [4.78, 5) is 29.0. The molecule has 7 heteroatoms. The summed E-state index contributed by atoms with van der Waals surface area (Å²) in [7, 11) is 0. The Bertz CT molecular complexity index is 564. The Labute approximate surface area is 135 Å². The zero-order valence-electron chi connectivity index (χ0n) is 13.2. The average molecular weight is 318 g/mol. The van der Waals surface area contributed by atoms with Crippen LogP contribution in [-0.4, -0.2) is 60.4 Å². The Morgan fingerprint density at radius 2 is 2.22 bits per heavy atom. The molecule has 1 aromatic rings. The fourth-order valence-electron chi connectivity index (χ4n) is 3.87. The minimum Gasteiger partial charge on any atom is -0.380 e. The molecule has 0 bridgehead atoms. The van der Waals surface area contributed by atoms with Crippen LogP contribution < -0.4 is 4.90 Å². The van der Waals surface area contributed by atoms with Gasteiger partial charge in [-0.3, -0.25) is 9.63 Å². The summed E-state index contributed by atoms with van der Waals surface area (Å²) in [5.41, 5.74) is -0.142. The molecule has 1 amide bonds. The van der Waals surface area contributed by atoms with E-state index < -0.39 is 0 Å². The van der Waals surface area contributed by atoms with Gasteiger partial charge in [-0.2, -0.15) is 0 Å². The standard InChI is InChI=1S/C16H22N4O3/c21-14(20-6-1-2-7-23-20)8-16-11-19(9-13(16)10-22-12-16)15-17-4-3-5-18-15/h3-5,13H,1-2,6-12H2/t13-,16+/m0/s1. The molecule has 3 saturated heterocycles. The second-order valence-corrected chi connectivity index (χ2v) is 6.72. The van der Waals surface area contributed by atoms with Crippen LogP contribution in [0.4, 0.5) is 5.95 Å². The van der Waals surface area contributed by atoms with Gasteiger partial charge in [-0.05, 0) is 18.9 Å². The molecule has 0 radical (unpaired) electrons. The van der Waals surface area contributed by atoms with Gasteiger partial charge in [0.2, 0.25) is 11.9 Å². The smallest absolute Gasteiger partial charge is 0.246 e. The first-order valence-electron chi connectivity index (χ1n) is 8.30. The molecule has 0 spiro atoms. The number of carbonyl (C=O) groups is 1. The van der Waals surface area contributed by atoms with Gasteiger partial charge >= 0.3 is 0 Å². The van der Waals surface area contributed by atoms with Crippen molar-refractivity contribution in [1.82, 2.24) is 15.0 Å². The monoisotopic (exact) mass is 318 g/mol. The third kappa shape index (κ3) is 2.79. The van der Waals surface area contributed by atoms with Crippen LogP contribution in [0, 0.1) is 11.3 Å². The molecule has 3 aliphatic rings. The van der Waals surface area contributed by atoms with Crippen LogP contribution in [0.2, 0.25) is 0 Å². The topological polar surface area (TPSA) is 67.8 Å². The van der Waals surface area contributed by atoms with E-state index in [1.807, 2.05) is 6.07 Å². The highest BCUT2D eigenvalue weighted by Crippen LogP contribution is 2.45. The number of hydroxylamine groups is 2. The van der Waals surface area contributed by atoms with Crippen LogP contribution in [0.25, 0.3) is 0 Å². The second kappa shape index (κ2) is 6.05. The summed E-state index contributed by atoms with van der Waals surface area (Å²) in [6, 6.07) is 1.82. The van der Waals surface area contributed by atoms with Crippen LogP contribution in [0.5, 0.6) is 0 Å². The normalized spacial score (nSPS) is 30.5. The van der Waals surface area contributed by atoms with Crippen molar-refractivity contribution < 1.29 is 14.4 Å². The maximum Gasteiger partial charge on any atom is 0.246 e. The predicted molar refractivity (Wildman–Crippen MR) is 82.5 cm³/mol. The van der Waals surface area contributed by atoms with Crippen molar-refractivity contribution in [3.05, 3.63) is 18.5 Å². The molecule has 1 aromatic heterocycles. The predicted octanol–water partition coefficient (Wildman–Crippen LogP) is 0.873. The Balaban J connectivity index is 1.48. The third-order valence-corrected chi connectivity index (χ3v) is 5.14. The molecule has 0 aromatic carbocycles. The maximum absolute atomic E-state index is 12.6. The third-order valence-electron chi connectivity index (χ3n) is 5.14. The van der Waals surface area contributed by atoms with Gasteiger partial charge in [0.05, 0.1) is 19.8 Å². The summed E-state index contributed by atoms with van der Waals surface area (Å²) in [6.07, 6.45) is 6.03. The Hall–Kier alpha value is -1.73. The van der Waals surface area contributed by atoms with Crippen LogP contribution in [0.15, 0.2) is 18.5 Å². The molecule has 0 N–H and O–H groups in total. The maximum atomic E-state index is 12.6. The highest BCUT2D eigenvalue weighted by Gasteiger charge is 2.52. The fraction of sp³-hybridized carbons (Fsp3) is 0.688. The van der Waals surface area contributed by atoms with Crippen LogP contribution in [0.1, 0.15) is 19.3 Å². The van der Waals surface area contributed by atoms with Gasteiger partial charge in [-0.15, -0.1) is 0 Å². The number of anilines is 1. The van der Waals surface area contributed by atoms with E-state index >= 15 is 0 Å². The lowest BCUT2D eigenvalue weighted by Gasteiger charge is -2.31. The zero-order chi connectivity index (χ0) is 15.7. The zero-order valence-corrected chi connectivity index (χ0v) is 13.2. The number of hydrogen-bond acceptors (Lipinski definition) is 6. The van der Waals surface area contributed by atoms with Crippen molar-refractivity contribution in [2.45, 2.75) is 19.3 Å². The largest absolute Gasteiger partial charge is 0.380 e. The van der Waals surface area contributed by atoms with E-state index in [1.54, 1.807) is 17.5 Å². The second-order valence-electron chi connectivity index (χ2n) is 6.72. The lowest BCUT2D eigenvalue weighted by Crippen LogP contribution is -2.42. The summed E-state index contributed by atoms with van der Waals surface area (Å²) in [5.74, 6) is 1.17. The molecule has 2 atom stereocenters.